The molecular weight excluding hydrogens is 742 g/mol. The zero-order valence-corrected chi connectivity index (χ0v) is 31.8. The Hall–Kier alpha value is -4.59. The van der Waals surface area contributed by atoms with Gasteiger partial charge in [0, 0.05) is 5.56 Å². The van der Waals surface area contributed by atoms with Crippen LogP contribution in [0.25, 0.3) is 11.1 Å². The Kier molecular flexibility index (Phi) is 11.4. The molecule has 0 bridgehead atoms. The van der Waals surface area contributed by atoms with Gasteiger partial charge >= 0.3 is 5.97 Å². The molecule has 0 saturated heterocycles. The predicted octanol–water partition coefficient (Wildman–Crippen LogP) is 11.7. The van der Waals surface area contributed by atoms with E-state index in [1.165, 1.54) is 0 Å². The van der Waals surface area contributed by atoms with Gasteiger partial charge in [-0.05, 0) is 108 Å². The molecule has 0 atom stereocenters. The van der Waals surface area contributed by atoms with Gasteiger partial charge in [0.25, 0.3) is 0 Å². The minimum absolute atomic E-state index is 0.00399. The number of carbonyl (C=O) groups is 1. The Labute approximate surface area is 323 Å². The van der Waals surface area contributed by atoms with E-state index in [4.69, 9.17) is 70.1 Å². The van der Waals surface area contributed by atoms with E-state index in [1.807, 2.05) is 123 Å². The Bertz CT molecular complexity index is 2030. The fourth-order valence-corrected chi connectivity index (χ4v) is 7.20. The summed E-state index contributed by atoms with van der Waals surface area (Å²) in [7, 11) is 3.21. The summed E-state index contributed by atoms with van der Waals surface area (Å²) in [6.07, 6.45) is 3.72. The third kappa shape index (κ3) is 7.35. The van der Waals surface area contributed by atoms with Crippen molar-refractivity contribution in [1.29, 1.82) is 0 Å². The van der Waals surface area contributed by atoms with Crippen molar-refractivity contribution in [2.45, 2.75) is 19.4 Å². The fraction of sp³-hybridized carbons (Fsp3) is 0.167. The molecule has 6 nitrogen and oxygen atoms in total. The third-order valence-electron chi connectivity index (χ3n) is 8.60. The van der Waals surface area contributed by atoms with Crippen LogP contribution in [0, 0.1) is 0 Å². The van der Waals surface area contributed by atoms with Gasteiger partial charge in [-0.15, -0.1) is 0 Å². The van der Waals surface area contributed by atoms with Crippen LogP contribution in [0.5, 0.6) is 23.0 Å². The predicted molar refractivity (Wildman–Crippen MR) is 209 cm³/mol. The van der Waals surface area contributed by atoms with E-state index >= 15 is 0 Å². The van der Waals surface area contributed by atoms with Gasteiger partial charge in [0.1, 0.15) is 23.0 Å². The maximum atomic E-state index is 14.0. The summed E-state index contributed by atoms with van der Waals surface area (Å²) in [5.41, 5.74) is 3.25. The largest absolute Gasteiger partial charge is 0.497 e. The molecule has 1 aliphatic rings. The molecule has 52 heavy (non-hydrogen) atoms. The molecule has 0 fully saturated rings. The van der Waals surface area contributed by atoms with E-state index in [0.29, 0.717) is 47.4 Å². The smallest absolute Gasteiger partial charge is 0.341 e. The lowest BCUT2D eigenvalue weighted by Gasteiger charge is -2.27. The summed E-state index contributed by atoms with van der Waals surface area (Å²) in [5, 5.41) is -0.0721. The van der Waals surface area contributed by atoms with E-state index < -0.39 is 11.6 Å². The van der Waals surface area contributed by atoms with Crippen LogP contribution in [0.2, 0.25) is 20.1 Å². The van der Waals surface area contributed by atoms with Gasteiger partial charge in [0.05, 0.1) is 53.1 Å². The molecule has 6 rings (SSSR count). The first-order chi connectivity index (χ1) is 25.1. The first-order valence-electron chi connectivity index (χ1n) is 16.4. The van der Waals surface area contributed by atoms with Crippen LogP contribution in [0.1, 0.15) is 52.0 Å². The number of halogens is 4. The van der Waals surface area contributed by atoms with Crippen molar-refractivity contribution in [3.8, 4) is 23.0 Å². The van der Waals surface area contributed by atoms with Crippen LogP contribution in [0.4, 0.5) is 0 Å². The zero-order valence-electron chi connectivity index (χ0n) is 28.8. The normalized spacial score (nSPS) is 15.6. The summed E-state index contributed by atoms with van der Waals surface area (Å²) in [5.74, 6) is 2.06. The van der Waals surface area contributed by atoms with Gasteiger partial charge in [-0.2, -0.15) is 0 Å². The summed E-state index contributed by atoms with van der Waals surface area (Å²) in [6.45, 7) is 4.89. The first kappa shape index (κ1) is 37.2. The molecule has 0 aromatic heterocycles. The summed E-state index contributed by atoms with van der Waals surface area (Å²) in [6, 6.07) is 30.5. The number of benzene rings is 5. The van der Waals surface area contributed by atoms with E-state index in [0.717, 1.165) is 22.3 Å². The van der Waals surface area contributed by atoms with Crippen LogP contribution in [-0.2, 0) is 10.3 Å². The molecule has 5 aromatic carbocycles. The molecule has 0 aliphatic carbocycles. The number of cyclic esters (lactones) is 1. The van der Waals surface area contributed by atoms with Gasteiger partial charge < -0.3 is 23.7 Å². The van der Waals surface area contributed by atoms with Gasteiger partial charge in [0.15, 0.2) is 5.60 Å². The molecular formula is C42H34Cl4O6. The minimum Gasteiger partial charge on any atom is -0.497 e. The van der Waals surface area contributed by atoms with Crippen LogP contribution < -0.4 is 18.9 Å². The molecule has 5 aromatic rings. The lowest BCUT2D eigenvalue weighted by atomic mass is 9.83. The van der Waals surface area contributed by atoms with E-state index in [2.05, 4.69) is 0 Å². The topological polar surface area (TPSA) is 63.2 Å². The minimum atomic E-state index is -1.66. The molecule has 10 heteroatoms. The molecule has 0 N–H and O–H groups in total. The van der Waals surface area contributed by atoms with Crippen LogP contribution in [0.3, 0.4) is 0 Å². The fourth-order valence-electron chi connectivity index (χ4n) is 6.12. The van der Waals surface area contributed by atoms with Crippen LogP contribution in [-0.4, -0.2) is 33.4 Å². The van der Waals surface area contributed by atoms with E-state index in [1.54, 1.807) is 14.2 Å². The molecule has 0 amide bonds. The number of rotatable bonds is 12. The highest BCUT2D eigenvalue weighted by Gasteiger charge is 2.48. The average Bonchev–Trinajstić information content (AvgIpc) is 3.46. The number of esters is 1. The van der Waals surface area contributed by atoms with Crippen molar-refractivity contribution >= 4 is 63.5 Å². The van der Waals surface area contributed by atoms with Crippen molar-refractivity contribution in [3.05, 3.63) is 163 Å². The molecule has 0 saturated carbocycles. The maximum Gasteiger partial charge on any atom is 0.341 e. The van der Waals surface area contributed by atoms with Crippen molar-refractivity contribution in [1.82, 2.24) is 0 Å². The molecule has 266 valence electrons. The molecule has 0 radical (unpaired) electrons. The highest BCUT2D eigenvalue weighted by Crippen LogP contribution is 2.53. The second-order valence-electron chi connectivity index (χ2n) is 11.7. The highest BCUT2D eigenvalue weighted by molar-refractivity contribution is 6.53. The second-order valence-corrected chi connectivity index (χ2v) is 13.2. The molecule has 1 aliphatic heterocycles. The van der Waals surface area contributed by atoms with Gasteiger partial charge in [-0.3, -0.25) is 0 Å². The Morgan fingerprint density at radius 1 is 0.558 bits per heavy atom. The van der Waals surface area contributed by atoms with Crippen LogP contribution >= 0.6 is 46.4 Å². The quantitative estimate of drug-likeness (QED) is 0.0714. The molecule has 1 heterocycles. The van der Waals surface area contributed by atoms with Crippen molar-refractivity contribution < 1.29 is 28.5 Å². The summed E-state index contributed by atoms with van der Waals surface area (Å²) < 4.78 is 28.9. The molecule has 0 spiro atoms. The number of ether oxygens (including phenoxy) is 5. The lowest BCUT2D eigenvalue weighted by molar-refractivity contribution is 0.0300. The van der Waals surface area contributed by atoms with Gasteiger partial charge in [-0.1, -0.05) is 94.9 Å². The SMILES string of the molecule is CCOc1ccc(C(=CC2(C=C(c3ccc(OC)cc3)c3ccc(OCC)cc3)OC(=O)c3c(Cl)c(Cl)c(Cl)c(Cl)c32)c2ccc(OC)cc2)cc1. The maximum absolute atomic E-state index is 14.0. The number of fused-ring (bicyclic) bond motifs is 1. The second kappa shape index (κ2) is 16.0. The lowest BCUT2D eigenvalue weighted by Crippen LogP contribution is -2.23. The van der Waals surface area contributed by atoms with E-state index in [9.17, 15) is 4.79 Å². The van der Waals surface area contributed by atoms with Gasteiger partial charge in [-0.25, -0.2) is 4.79 Å². The Balaban J connectivity index is 1.72. The number of hydrogen-bond donors (Lipinski definition) is 0. The Morgan fingerprint density at radius 2 is 0.904 bits per heavy atom. The average molecular weight is 777 g/mol. The Morgan fingerprint density at radius 3 is 1.25 bits per heavy atom. The van der Waals surface area contributed by atoms with Crippen LogP contribution in [0.15, 0.2) is 109 Å². The standard InChI is InChI=1S/C42H34Cl4O6/c1-5-50-31-19-11-27(12-20-31)33(25-7-15-29(48-3)16-8-25)23-42(36-35(41(47)52-42)37(43)39(45)40(46)38(36)44)24-34(26-9-17-30(49-4)18-10-26)28-13-21-32(22-14-28)51-6-2/h7-24H,5-6H2,1-4H3. The number of methoxy groups -OCH3 is 2. The van der Waals surface area contributed by atoms with Gasteiger partial charge in [0.2, 0.25) is 0 Å². The number of hydrogen-bond acceptors (Lipinski definition) is 6. The van der Waals surface area contributed by atoms with Crippen molar-refractivity contribution in [2.24, 2.45) is 0 Å². The first-order valence-corrected chi connectivity index (χ1v) is 17.9. The summed E-state index contributed by atoms with van der Waals surface area (Å²) in [4.78, 5) is 14.0. The van der Waals surface area contributed by atoms with Crippen molar-refractivity contribution in [3.63, 3.8) is 0 Å². The van der Waals surface area contributed by atoms with E-state index in [-0.39, 0.29) is 31.2 Å². The summed E-state index contributed by atoms with van der Waals surface area (Å²) >= 11 is 27.1. The molecule has 0 unspecified atom stereocenters. The highest BCUT2D eigenvalue weighted by atomic mass is 35.5. The monoisotopic (exact) mass is 774 g/mol. The van der Waals surface area contributed by atoms with Crippen molar-refractivity contribution in [2.75, 3.05) is 27.4 Å². The third-order valence-corrected chi connectivity index (χ3v) is 10.4. The number of carbonyl (C=O) groups excluding carboxylic acids is 1. The zero-order chi connectivity index (χ0) is 37.0.